The number of nitrogens with zero attached hydrogens (tertiary/aromatic N) is 3. The lowest BCUT2D eigenvalue weighted by Crippen LogP contribution is -2.38. The average molecular weight is 487 g/mol. The van der Waals surface area contributed by atoms with Crippen LogP contribution >= 0.6 is 0 Å². The van der Waals surface area contributed by atoms with Gasteiger partial charge in [-0.2, -0.15) is 0 Å². The number of aliphatic hydroxyl groups excluding tert-OH is 1. The van der Waals surface area contributed by atoms with Crippen molar-refractivity contribution in [2.24, 2.45) is 0 Å². The molecule has 2 N–H and O–H groups in total. The summed E-state index contributed by atoms with van der Waals surface area (Å²) in [6, 6.07) is 21.4. The Morgan fingerprint density at radius 3 is 2.64 bits per heavy atom. The van der Waals surface area contributed by atoms with Crippen LogP contribution in [-0.2, 0) is 4.79 Å². The Bertz CT molecular complexity index is 1130. The molecule has 1 aliphatic rings. The van der Waals surface area contributed by atoms with Crippen LogP contribution in [0.3, 0.4) is 0 Å². The number of anilines is 2. The number of rotatable bonds is 9. The molecule has 1 atom stereocenters. The summed E-state index contributed by atoms with van der Waals surface area (Å²) in [7, 11) is 0. The first-order chi connectivity index (χ1) is 17.6. The van der Waals surface area contributed by atoms with Crippen LogP contribution in [0.4, 0.5) is 11.5 Å². The summed E-state index contributed by atoms with van der Waals surface area (Å²) in [6.45, 7) is 6.33. The molecule has 2 aromatic carbocycles. The van der Waals surface area contributed by atoms with Gasteiger partial charge in [-0.15, -0.1) is 0 Å². The number of aromatic nitrogens is 1. The van der Waals surface area contributed by atoms with Crippen molar-refractivity contribution >= 4 is 23.5 Å². The molecule has 0 radical (unpaired) electrons. The number of β-amino-alcohol motifs (C(OH)–C–C–N with tert-alkyl or cyclic N) is 1. The molecule has 0 bridgehead atoms. The Morgan fingerprint density at radius 1 is 1.06 bits per heavy atom. The fraction of sp³-hybridized carbons (Fsp3) is 0.310. The van der Waals surface area contributed by atoms with E-state index in [0.29, 0.717) is 12.2 Å². The highest BCUT2D eigenvalue weighted by molar-refractivity contribution is 6.01. The van der Waals surface area contributed by atoms with Crippen molar-refractivity contribution in [1.29, 1.82) is 0 Å². The van der Waals surface area contributed by atoms with E-state index in [1.165, 1.54) is 6.08 Å². The summed E-state index contributed by atoms with van der Waals surface area (Å²) >= 11 is 0. The van der Waals surface area contributed by atoms with Crippen LogP contribution in [0, 0.1) is 6.92 Å². The van der Waals surface area contributed by atoms with Crippen LogP contribution in [0.1, 0.15) is 17.5 Å². The minimum atomic E-state index is -0.548. The topological polar surface area (TPSA) is 77.9 Å². The molecule has 0 saturated carbocycles. The Balaban J connectivity index is 1.22. The molecule has 36 heavy (non-hydrogen) atoms. The van der Waals surface area contributed by atoms with Crippen LogP contribution in [0.25, 0.3) is 6.08 Å². The fourth-order valence-electron chi connectivity index (χ4n) is 4.20. The van der Waals surface area contributed by atoms with Crippen LogP contribution in [-0.4, -0.2) is 66.3 Å². The van der Waals surface area contributed by atoms with E-state index in [2.05, 4.69) is 20.1 Å². The number of amides is 1. The van der Waals surface area contributed by atoms with E-state index >= 15 is 0 Å². The third kappa shape index (κ3) is 7.66. The molecular weight excluding hydrogens is 452 g/mol. The second-order valence-corrected chi connectivity index (χ2v) is 9.01. The minimum Gasteiger partial charge on any atom is -0.491 e. The van der Waals surface area contributed by atoms with Gasteiger partial charge in [-0.05, 0) is 55.3 Å². The van der Waals surface area contributed by atoms with Crippen molar-refractivity contribution in [3.63, 3.8) is 0 Å². The second kappa shape index (κ2) is 12.9. The normalized spacial score (nSPS) is 15.4. The molecule has 1 saturated heterocycles. The summed E-state index contributed by atoms with van der Waals surface area (Å²) in [5.41, 5.74) is 2.70. The van der Waals surface area contributed by atoms with Crippen LogP contribution in [0.15, 0.2) is 79.0 Å². The van der Waals surface area contributed by atoms with Gasteiger partial charge in [0.05, 0.1) is 11.9 Å². The second-order valence-electron chi connectivity index (χ2n) is 9.01. The third-order valence-electron chi connectivity index (χ3n) is 6.15. The molecule has 3 aromatic rings. The number of benzene rings is 2. The van der Waals surface area contributed by atoms with Crippen molar-refractivity contribution in [1.82, 2.24) is 9.88 Å². The Morgan fingerprint density at radius 2 is 1.86 bits per heavy atom. The minimum absolute atomic E-state index is 0.191. The van der Waals surface area contributed by atoms with Crippen molar-refractivity contribution in [2.75, 3.05) is 49.5 Å². The van der Waals surface area contributed by atoms with Gasteiger partial charge in [0.1, 0.15) is 24.3 Å². The van der Waals surface area contributed by atoms with Crippen molar-refractivity contribution < 1.29 is 14.6 Å². The van der Waals surface area contributed by atoms with Gasteiger partial charge in [0.25, 0.3) is 0 Å². The Labute approximate surface area is 213 Å². The smallest absolute Gasteiger partial charge is 0.248 e. The van der Waals surface area contributed by atoms with Gasteiger partial charge >= 0.3 is 0 Å². The lowest BCUT2D eigenvalue weighted by atomic mass is 10.2. The van der Waals surface area contributed by atoms with E-state index in [4.69, 9.17) is 4.74 Å². The number of para-hydroxylation sites is 1. The number of ether oxygens (including phenoxy) is 1. The third-order valence-corrected chi connectivity index (χ3v) is 6.15. The quantitative estimate of drug-likeness (QED) is 0.446. The summed E-state index contributed by atoms with van der Waals surface area (Å²) in [5, 5.41) is 13.4. The number of hydrogen-bond donors (Lipinski definition) is 2. The number of hydrogen-bond acceptors (Lipinski definition) is 6. The number of carbonyl (C=O) groups is 1. The van der Waals surface area contributed by atoms with Gasteiger partial charge in [-0.3, -0.25) is 9.69 Å². The van der Waals surface area contributed by atoms with E-state index in [1.807, 2.05) is 73.7 Å². The highest BCUT2D eigenvalue weighted by atomic mass is 16.5. The molecule has 0 spiro atoms. The molecule has 1 aromatic heterocycles. The summed E-state index contributed by atoms with van der Waals surface area (Å²) in [6.07, 6.45) is 5.43. The van der Waals surface area contributed by atoms with Crippen LogP contribution < -0.4 is 15.0 Å². The Hall–Kier alpha value is -3.68. The summed E-state index contributed by atoms with van der Waals surface area (Å²) < 4.78 is 5.81. The van der Waals surface area contributed by atoms with Gasteiger partial charge in [0, 0.05) is 32.3 Å². The maximum absolute atomic E-state index is 12.2. The number of nitrogens with one attached hydrogen (secondary N) is 1. The van der Waals surface area contributed by atoms with Gasteiger partial charge in [0.2, 0.25) is 5.91 Å². The molecule has 7 heteroatoms. The number of pyridine rings is 1. The molecule has 1 fully saturated rings. The van der Waals surface area contributed by atoms with Crippen LogP contribution in [0.2, 0.25) is 0 Å². The lowest BCUT2D eigenvalue weighted by molar-refractivity contribution is -0.111. The van der Waals surface area contributed by atoms with E-state index in [9.17, 15) is 9.90 Å². The molecule has 7 nitrogen and oxygen atoms in total. The van der Waals surface area contributed by atoms with Gasteiger partial charge in [-0.25, -0.2) is 4.98 Å². The first-order valence-electron chi connectivity index (χ1n) is 12.4. The highest BCUT2D eigenvalue weighted by Crippen LogP contribution is 2.18. The van der Waals surface area contributed by atoms with Crippen molar-refractivity contribution in [3.8, 4) is 5.75 Å². The molecule has 1 amide bonds. The maximum atomic E-state index is 12.2. The fourth-order valence-corrected chi connectivity index (χ4v) is 4.20. The highest BCUT2D eigenvalue weighted by Gasteiger charge is 2.19. The van der Waals surface area contributed by atoms with E-state index < -0.39 is 6.10 Å². The van der Waals surface area contributed by atoms with Crippen molar-refractivity contribution in [2.45, 2.75) is 19.4 Å². The molecule has 4 rings (SSSR count). The maximum Gasteiger partial charge on any atom is 0.248 e. The summed E-state index contributed by atoms with van der Waals surface area (Å²) in [4.78, 5) is 21.3. The molecule has 188 valence electrons. The first-order valence-corrected chi connectivity index (χ1v) is 12.4. The summed E-state index contributed by atoms with van der Waals surface area (Å²) in [5.74, 6) is 1.51. The number of aliphatic hydroxyl groups is 1. The van der Waals surface area contributed by atoms with Gasteiger partial charge in [0.15, 0.2) is 0 Å². The first kappa shape index (κ1) is 25.4. The molecular formula is C29H34N4O3. The molecule has 0 aliphatic carbocycles. The predicted octanol–water partition coefficient (Wildman–Crippen LogP) is 3.99. The van der Waals surface area contributed by atoms with E-state index in [-0.39, 0.29) is 12.5 Å². The predicted molar refractivity (Wildman–Crippen MR) is 144 cm³/mol. The zero-order valence-corrected chi connectivity index (χ0v) is 20.7. The zero-order chi connectivity index (χ0) is 25.2. The Kier molecular flexibility index (Phi) is 9.08. The standard InChI is InChI=1S/C29H34N4O3/c1-23-8-5-6-11-27(23)36-22-26(34)21-32-16-7-17-33(19-18-32)28-14-13-25(20-30-28)31-29(35)15-12-24-9-3-2-4-10-24/h2-6,8-15,20,26,34H,7,16-19,21-22H2,1H3,(H,31,35)/b15-12+. The lowest BCUT2D eigenvalue weighted by Gasteiger charge is -2.24. The zero-order valence-electron chi connectivity index (χ0n) is 20.7. The van der Waals surface area contributed by atoms with Crippen LogP contribution in [0.5, 0.6) is 5.75 Å². The van der Waals surface area contributed by atoms with Gasteiger partial charge < -0.3 is 20.1 Å². The molecule has 1 aliphatic heterocycles. The molecule has 2 heterocycles. The molecule has 1 unspecified atom stereocenters. The van der Waals surface area contributed by atoms with E-state index in [0.717, 1.165) is 55.3 Å². The number of carbonyl (C=O) groups excluding carboxylic acids is 1. The SMILES string of the molecule is Cc1ccccc1OCC(O)CN1CCCN(c2ccc(NC(=O)/C=C/c3ccccc3)cn2)CC1. The van der Waals surface area contributed by atoms with Crippen molar-refractivity contribution in [3.05, 3.63) is 90.1 Å². The number of aryl methyl sites for hydroxylation is 1. The van der Waals surface area contributed by atoms with E-state index in [1.54, 1.807) is 12.3 Å². The average Bonchev–Trinajstić information content (AvgIpc) is 3.14. The monoisotopic (exact) mass is 486 g/mol. The largest absolute Gasteiger partial charge is 0.491 e. The van der Waals surface area contributed by atoms with Gasteiger partial charge in [-0.1, -0.05) is 48.5 Å².